The van der Waals surface area contributed by atoms with Gasteiger partial charge in [0.1, 0.15) is 0 Å². The van der Waals surface area contributed by atoms with Crippen molar-refractivity contribution >= 4 is 21.4 Å². The molecule has 3 nitrogen and oxygen atoms in total. The molecule has 9 rings (SSSR count). The monoisotopic (exact) mass is 605 g/mol. The van der Waals surface area contributed by atoms with E-state index in [1.54, 1.807) is 11.3 Å². The molecule has 0 saturated heterocycles. The molecule has 0 atom stereocenters. The highest BCUT2D eigenvalue weighted by atomic mass is 32.1. The molecule has 46 heavy (non-hydrogen) atoms. The van der Waals surface area contributed by atoms with Crippen molar-refractivity contribution in [3.8, 4) is 44.6 Å². The third-order valence-corrected chi connectivity index (χ3v) is 10.1. The maximum atomic E-state index is 5.13. The fraction of sp³-hybridized carbons (Fsp3) is 0.0238. The van der Waals surface area contributed by atoms with Crippen LogP contribution >= 0.6 is 11.3 Å². The SMILES string of the molecule is c1ccc(-c2nc(-c3cccc(C4(c5ccccc5)c5ccccc5-c5ccccc54)c3)nc(-c3cc4ccccc4s3)n2)cc1. The van der Waals surface area contributed by atoms with Gasteiger partial charge < -0.3 is 0 Å². The second-order valence-electron chi connectivity index (χ2n) is 11.6. The van der Waals surface area contributed by atoms with Crippen LogP contribution in [0.1, 0.15) is 22.3 Å². The summed E-state index contributed by atoms with van der Waals surface area (Å²) in [5, 5.41) is 1.19. The van der Waals surface area contributed by atoms with Gasteiger partial charge in [0.2, 0.25) is 0 Å². The van der Waals surface area contributed by atoms with Crippen LogP contribution in [0.3, 0.4) is 0 Å². The highest BCUT2D eigenvalue weighted by molar-refractivity contribution is 7.22. The Morgan fingerprint density at radius 1 is 0.413 bits per heavy atom. The highest BCUT2D eigenvalue weighted by Gasteiger charge is 2.45. The lowest BCUT2D eigenvalue weighted by Gasteiger charge is -2.34. The summed E-state index contributed by atoms with van der Waals surface area (Å²) in [6, 6.07) is 58.1. The van der Waals surface area contributed by atoms with Crippen molar-refractivity contribution in [2.45, 2.75) is 5.41 Å². The van der Waals surface area contributed by atoms with Gasteiger partial charge in [0, 0.05) is 15.8 Å². The van der Waals surface area contributed by atoms with Gasteiger partial charge in [0.15, 0.2) is 17.5 Å². The fourth-order valence-corrected chi connectivity index (χ4v) is 8.02. The van der Waals surface area contributed by atoms with Crippen molar-refractivity contribution in [2.24, 2.45) is 0 Å². The van der Waals surface area contributed by atoms with Gasteiger partial charge in [-0.05, 0) is 57.0 Å². The molecule has 0 radical (unpaired) electrons. The van der Waals surface area contributed by atoms with E-state index in [1.165, 1.54) is 43.5 Å². The molecule has 0 unspecified atom stereocenters. The molecule has 0 spiro atoms. The molecule has 216 valence electrons. The maximum absolute atomic E-state index is 5.13. The lowest BCUT2D eigenvalue weighted by Crippen LogP contribution is -2.28. The molecular weight excluding hydrogens is 579 g/mol. The van der Waals surface area contributed by atoms with Gasteiger partial charge in [-0.2, -0.15) is 0 Å². The number of rotatable bonds is 5. The second-order valence-corrected chi connectivity index (χ2v) is 12.7. The van der Waals surface area contributed by atoms with Crippen molar-refractivity contribution in [3.05, 3.63) is 186 Å². The Kier molecular flexibility index (Phi) is 6.22. The Morgan fingerprint density at radius 2 is 0.957 bits per heavy atom. The van der Waals surface area contributed by atoms with Crippen molar-refractivity contribution in [2.75, 3.05) is 0 Å². The zero-order valence-corrected chi connectivity index (χ0v) is 25.7. The van der Waals surface area contributed by atoms with Gasteiger partial charge >= 0.3 is 0 Å². The number of hydrogen-bond donors (Lipinski definition) is 0. The fourth-order valence-electron chi connectivity index (χ4n) is 7.03. The first kappa shape index (κ1) is 26.7. The number of aromatic nitrogens is 3. The average Bonchev–Trinajstić information content (AvgIpc) is 3.71. The number of nitrogens with zero attached hydrogens (tertiary/aromatic N) is 3. The van der Waals surface area contributed by atoms with E-state index in [0.29, 0.717) is 17.5 Å². The molecule has 4 heteroatoms. The largest absolute Gasteiger partial charge is 0.208 e. The first-order chi connectivity index (χ1) is 22.8. The molecule has 0 N–H and O–H groups in total. The van der Waals surface area contributed by atoms with E-state index >= 15 is 0 Å². The van der Waals surface area contributed by atoms with Gasteiger partial charge in [0.25, 0.3) is 0 Å². The highest BCUT2D eigenvalue weighted by Crippen LogP contribution is 2.56. The van der Waals surface area contributed by atoms with E-state index < -0.39 is 5.41 Å². The molecule has 2 aromatic heterocycles. The molecule has 6 aromatic carbocycles. The third kappa shape index (κ3) is 4.15. The smallest absolute Gasteiger partial charge is 0.174 e. The molecular formula is C42H27N3S. The van der Waals surface area contributed by atoms with E-state index in [1.807, 2.05) is 18.2 Å². The molecule has 8 aromatic rings. The molecule has 0 fully saturated rings. The molecule has 0 aliphatic heterocycles. The first-order valence-electron chi connectivity index (χ1n) is 15.5. The zero-order chi connectivity index (χ0) is 30.5. The topological polar surface area (TPSA) is 38.7 Å². The van der Waals surface area contributed by atoms with Crippen molar-refractivity contribution < 1.29 is 0 Å². The van der Waals surface area contributed by atoms with Gasteiger partial charge in [-0.3, -0.25) is 0 Å². The van der Waals surface area contributed by atoms with Crippen LogP contribution in [-0.2, 0) is 5.41 Å². The van der Waals surface area contributed by atoms with Crippen LogP contribution in [0.2, 0.25) is 0 Å². The van der Waals surface area contributed by atoms with Crippen LogP contribution in [-0.4, -0.2) is 15.0 Å². The van der Waals surface area contributed by atoms with Gasteiger partial charge in [0.05, 0.1) is 10.3 Å². The van der Waals surface area contributed by atoms with Crippen LogP contribution in [0.5, 0.6) is 0 Å². The third-order valence-electron chi connectivity index (χ3n) is 9.03. The Balaban J connectivity index is 1.29. The van der Waals surface area contributed by atoms with E-state index in [9.17, 15) is 0 Å². The Morgan fingerprint density at radius 3 is 1.67 bits per heavy atom. The van der Waals surface area contributed by atoms with E-state index in [0.717, 1.165) is 16.0 Å². The minimum absolute atomic E-state index is 0.492. The minimum Gasteiger partial charge on any atom is -0.208 e. The summed E-state index contributed by atoms with van der Waals surface area (Å²) in [5.41, 5.74) is 8.94. The Hall–Kier alpha value is -5.71. The Labute approximate surface area is 271 Å². The van der Waals surface area contributed by atoms with E-state index in [2.05, 4.69) is 146 Å². The van der Waals surface area contributed by atoms with E-state index in [-0.39, 0.29) is 0 Å². The predicted molar refractivity (Wildman–Crippen MR) is 189 cm³/mol. The number of thiophene rings is 1. The zero-order valence-electron chi connectivity index (χ0n) is 24.8. The lowest BCUT2D eigenvalue weighted by atomic mass is 9.67. The molecule has 1 aliphatic carbocycles. The summed E-state index contributed by atoms with van der Waals surface area (Å²) < 4.78 is 1.21. The average molecular weight is 606 g/mol. The molecule has 0 saturated carbocycles. The normalized spacial score (nSPS) is 13.0. The molecule has 1 aliphatic rings. The van der Waals surface area contributed by atoms with Crippen molar-refractivity contribution in [1.82, 2.24) is 15.0 Å². The summed E-state index contributed by atoms with van der Waals surface area (Å²) >= 11 is 1.71. The van der Waals surface area contributed by atoms with Crippen LogP contribution in [0, 0.1) is 0 Å². The van der Waals surface area contributed by atoms with Crippen molar-refractivity contribution in [3.63, 3.8) is 0 Å². The van der Waals surface area contributed by atoms with Crippen LogP contribution in [0.25, 0.3) is 54.7 Å². The van der Waals surface area contributed by atoms with Crippen molar-refractivity contribution in [1.29, 1.82) is 0 Å². The number of benzene rings is 6. The summed E-state index contributed by atoms with van der Waals surface area (Å²) in [7, 11) is 0. The van der Waals surface area contributed by atoms with Gasteiger partial charge in [-0.15, -0.1) is 11.3 Å². The van der Waals surface area contributed by atoms with Crippen LogP contribution in [0.15, 0.2) is 164 Å². The first-order valence-corrected chi connectivity index (χ1v) is 16.3. The predicted octanol–water partition coefficient (Wildman–Crippen LogP) is 10.5. The Bertz CT molecular complexity index is 2300. The number of fused-ring (bicyclic) bond motifs is 4. The van der Waals surface area contributed by atoms with Gasteiger partial charge in [-0.25, -0.2) is 15.0 Å². The summed E-state index contributed by atoms with van der Waals surface area (Å²) in [4.78, 5) is 16.3. The molecule has 0 bridgehead atoms. The van der Waals surface area contributed by atoms with Crippen LogP contribution < -0.4 is 0 Å². The standard InChI is InChI=1S/C42H27N3S/c1-3-14-28(15-4-1)39-43-40(45-41(44-39)38-27-29-16-7-12-25-37(29)46-38)30-17-13-20-32(26-30)42(31-18-5-2-6-19-31)35-23-10-8-21-33(35)34-22-9-11-24-36(34)42/h1-27H. The molecule has 0 amide bonds. The van der Waals surface area contributed by atoms with E-state index in [4.69, 9.17) is 15.0 Å². The quantitative estimate of drug-likeness (QED) is 0.196. The summed E-state index contributed by atoms with van der Waals surface area (Å²) in [6.45, 7) is 0. The lowest BCUT2D eigenvalue weighted by molar-refractivity contribution is 0.768. The maximum Gasteiger partial charge on any atom is 0.174 e. The van der Waals surface area contributed by atoms with Crippen LogP contribution in [0.4, 0.5) is 0 Å². The molecule has 2 heterocycles. The minimum atomic E-state index is -0.492. The number of hydrogen-bond acceptors (Lipinski definition) is 4. The summed E-state index contributed by atoms with van der Waals surface area (Å²) in [5.74, 6) is 2.01. The van der Waals surface area contributed by atoms with Gasteiger partial charge in [-0.1, -0.05) is 146 Å². The summed E-state index contributed by atoms with van der Waals surface area (Å²) in [6.07, 6.45) is 0. The second kappa shape index (κ2) is 10.7.